The van der Waals surface area contributed by atoms with Crippen molar-refractivity contribution in [2.24, 2.45) is 5.92 Å². The van der Waals surface area contributed by atoms with Crippen molar-refractivity contribution in [3.63, 3.8) is 0 Å². The van der Waals surface area contributed by atoms with Crippen LogP contribution in [0.1, 0.15) is 19.4 Å². The number of carbonyl (C=O) groups is 2. The Morgan fingerprint density at radius 3 is 2.40 bits per heavy atom. The van der Waals surface area contributed by atoms with Crippen molar-refractivity contribution in [1.29, 1.82) is 0 Å². The van der Waals surface area contributed by atoms with Gasteiger partial charge in [-0.15, -0.1) is 0 Å². The molecule has 0 radical (unpaired) electrons. The summed E-state index contributed by atoms with van der Waals surface area (Å²) in [4.78, 5) is 25.1. The van der Waals surface area contributed by atoms with Gasteiger partial charge in [0.1, 0.15) is 17.7 Å². The Hall–Kier alpha value is -1.98. The van der Waals surface area contributed by atoms with Crippen LogP contribution in [0.4, 0.5) is 8.78 Å². The molecule has 1 aromatic rings. The molecule has 1 aliphatic rings. The first-order chi connectivity index (χ1) is 9.36. The van der Waals surface area contributed by atoms with E-state index >= 15 is 0 Å². The minimum absolute atomic E-state index is 0.0180. The van der Waals surface area contributed by atoms with E-state index < -0.39 is 17.7 Å². The molecule has 1 saturated heterocycles. The molecule has 1 N–H and O–H groups in total. The highest BCUT2D eigenvalue weighted by Gasteiger charge is 2.34. The lowest BCUT2D eigenvalue weighted by molar-refractivity contribution is -0.146. The fourth-order valence-corrected chi connectivity index (χ4v) is 2.24. The van der Waals surface area contributed by atoms with Crippen LogP contribution < -0.4 is 5.32 Å². The van der Waals surface area contributed by atoms with Crippen LogP contribution >= 0.6 is 0 Å². The van der Waals surface area contributed by atoms with E-state index in [1.165, 1.54) is 4.90 Å². The normalized spacial score (nSPS) is 19.4. The fraction of sp³-hybridized carbons (Fsp3) is 0.429. The molecule has 20 heavy (non-hydrogen) atoms. The Morgan fingerprint density at radius 1 is 1.25 bits per heavy atom. The first-order valence-corrected chi connectivity index (χ1v) is 6.40. The van der Waals surface area contributed by atoms with Gasteiger partial charge in [0.25, 0.3) is 0 Å². The van der Waals surface area contributed by atoms with E-state index in [9.17, 15) is 18.4 Å². The topological polar surface area (TPSA) is 49.4 Å². The minimum Gasteiger partial charge on any atom is -0.343 e. The van der Waals surface area contributed by atoms with E-state index in [1.54, 1.807) is 0 Å². The lowest BCUT2D eigenvalue weighted by atomic mass is 10.0. The van der Waals surface area contributed by atoms with Crippen molar-refractivity contribution < 1.29 is 18.4 Å². The van der Waals surface area contributed by atoms with Gasteiger partial charge in [-0.25, -0.2) is 8.78 Å². The summed E-state index contributed by atoms with van der Waals surface area (Å²) < 4.78 is 26.3. The molecule has 0 bridgehead atoms. The van der Waals surface area contributed by atoms with Gasteiger partial charge in [-0.2, -0.15) is 0 Å². The number of hydrogen-bond donors (Lipinski definition) is 1. The number of nitrogens with zero attached hydrogens (tertiary/aromatic N) is 1. The van der Waals surface area contributed by atoms with E-state index in [4.69, 9.17) is 0 Å². The predicted molar refractivity (Wildman–Crippen MR) is 68.5 cm³/mol. The molecule has 2 rings (SSSR count). The number of hydrogen-bond acceptors (Lipinski definition) is 2. The third-order valence-electron chi connectivity index (χ3n) is 3.19. The van der Waals surface area contributed by atoms with E-state index in [0.717, 1.165) is 18.2 Å². The summed E-state index contributed by atoms with van der Waals surface area (Å²) in [6.45, 7) is 3.58. The van der Waals surface area contributed by atoms with Crippen LogP contribution in [-0.2, 0) is 16.1 Å². The maximum Gasteiger partial charge on any atom is 0.246 e. The molecular formula is C14H16F2N2O2. The summed E-state index contributed by atoms with van der Waals surface area (Å²) in [6.07, 6.45) is 0. The summed E-state index contributed by atoms with van der Waals surface area (Å²) in [6, 6.07) is 2.50. The minimum atomic E-state index is -0.700. The van der Waals surface area contributed by atoms with E-state index in [-0.39, 0.29) is 30.8 Å². The van der Waals surface area contributed by atoms with Crippen molar-refractivity contribution in [2.45, 2.75) is 26.4 Å². The predicted octanol–water partition coefficient (Wildman–Crippen LogP) is 1.45. The zero-order valence-electron chi connectivity index (χ0n) is 11.3. The molecule has 0 saturated carbocycles. The Kier molecular flexibility index (Phi) is 4.01. The largest absolute Gasteiger partial charge is 0.343 e. The summed E-state index contributed by atoms with van der Waals surface area (Å²) >= 11 is 0. The van der Waals surface area contributed by atoms with Gasteiger partial charge in [-0.3, -0.25) is 9.59 Å². The van der Waals surface area contributed by atoms with Crippen LogP contribution in [0.3, 0.4) is 0 Å². The highest BCUT2D eigenvalue weighted by atomic mass is 19.1. The fourth-order valence-electron chi connectivity index (χ4n) is 2.24. The van der Waals surface area contributed by atoms with E-state index in [1.807, 2.05) is 13.8 Å². The average Bonchev–Trinajstić information content (AvgIpc) is 2.31. The monoisotopic (exact) mass is 282 g/mol. The molecule has 0 aliphatic carbocycles. The van der Waals surface area contributed by atoms with Crippen LogP contribution in [-0.4, -0.2) is 29.3 Å². The lowest BCUT2D eigenvalue weighted by Crippen LogP contribution is -2.59. The van der Waals surface area contributed by atoms with Gasteiger partial charge in [0.15, 0.2) is 0 Å². The van der Waals surface area contributed by atoms with E-state index in [2.05, 4.69) is 5.32 Å². The van der Waals surface area contributed by atoms with Crippen LogP contribution in [0.25, 0.3) is 0 Å². The van der Waals surface area contributed by atoms with Gasteiger partial charge < -0.3 is 10.2 Å². The SMILES string of the molecule is CC(C)C1NC(=O)CN(Cc2cc(F)cc(F)c2)C1=O. The van der Waals surface area contributed by atoms with Crippen molar-refractivity contribution in [2.75, 3.05) is 6.54 Å². The van der Waals surface area contributed by atoms with Gasteiger partial charge in [0.05, 0.1) is 6.54 Å². The number of carbonyl (C=O) groups excluding carboxylic acids is 2. The molecule has 2 amide bonds. The van der Waals surface area contributed by atoms with E-state index in [0.29, 0.717) is 5.56 Å². The number of nitrogens with one attached hydrogen (secondary N) is 1. The highest BCUT2D eigenvalue weighted by molar-refractivity contribution is 5.94. The van der Waals surface area contributed by atoms with Crippen molar-refractivity contribution in [1.82, 2.24) is 10.2 Å². The number of amides is 2. The molecule has 1 aromatic carbocycles. The number of rotatable bonds is 3. The molecular weight excluding hydrogens is 266 g/mol. The summed E-state index contributed by atoms with van der Waals surface area (Å²) in [5.74, 6) is -1.94. The van der Waals surface area contributed by atoms with Crippen molar-refractivity contribution in [3.8, 4) is 0 Å². The molecule has 6 heteroatoms. The molecule has 1 atom stereocenters. The summed E-state index contributed by atoms with van der Waals surface area (Å²) in [5.41, 5.74) is 0.327. The highest BCUT2D eigenvalue weighted by Crippen LogP contribution is 2.15. The Morgan fingerprint density at radius 2 is 1.85 bits per heavy atom. The van der Waals surface area contributed by atoms with Crippen LogP contribution in [0.2, 0.25) is 0 Å². The lowest BCUT2D eigenvalue weighted by Gasteiger charge is -2.34. The van der Waals surface area contributed by atoms with Crippen molar-refractivity contribution in [3.05, 3.63) is 35.4 Å². The zero-order valence-corrected chi connectivity index (χ0v) is 11.3. The number of halogens is 2. The quantitative estimate of drug-likeness (QED) is 0.912. The average molecular weight is 282 g/mol. The third-order valence-corrected chi connectivity index (χ3v) is 3.19. The van der Waals surface area contributed by atoms with Crippen molar-refractivity contribution >= 4 is 11.8 Å². The first kappa shape index (κ1) is 14.4. The summed E-state index contributed by atoms with van der Waals surface area (Å²) in [5, 5.41) is 2.63. The third kappa shape index (κ3) is 3.12. The van der Waals surface area contributed by atoms with Gasteiger partial charge in [-0.1, -0.05) is 13.8 Å². The van der Waals surface area contributed by atoms with Crippen LogP contribution in [0, 0.1) is 17.6 Å². The van der Waals surface area contributed by atoms with Gasteiger partial charge in [0, 0.05) is 12.6 Å². The molecule has 1 fully saturated rings. The first-order valence-electron chi connectivity index (χ1n) is 6.40. The smallest absolute Gasteiger partial charge is 0.246 e. The molecule has 108 valence electrons. The molecule has 0 aromatic heterocycles. The molecule has 4 nitrogen and oxygen atoms in total. The molecule has 1 unspecified atom stereocenters. The van der Waals surface area contributed by atoms with Gasteiger partial charge in [-0.05, 0) is 23.6 Å². The standard InChI is InChI=1S/C14H16F2N2O2/c1-8(2)13-14(20)18(7-12(19)17-13)6-9-3-10(15)5-11(16)4-9/h3-5,8,13H,6-7H2,1-2H3,(H,17,19). The van der Waals surface area contributed by atoms with Gasteiger partial charge >= 0.3 is 0 Å². The number of piperazine rings is 1. The Labute approximate surface area is 115 Å². The second-order valence-electron chi connectivity index (χ2n) is 5.26. The molecule has 1 heterocycles. The Bertz CT molecular complexity index is 526. The summed E-state index contributed by atoms with van der Waals surface area (Å²) in [7, 11) is 0. The maximum absolute atomic E-state index is 13.1. The molecule has 1 aliphatic heterocycles. The van der Waals surface area contributed by atoms with Gasteiger partial charge in [0.2, 0.25) is 11.8 Å². The Balaban J connectivity index is 2.18. The van der Waals surface area contributed by atoms with Crippen LogP contribution in [0.5, 0.6) is 0 Å². The zero-order chi connectivity index (χ0) is 14.9. The second kappa shape index (κ2) is 5.56. The number of benzene rings is 1. The maximum atomic E-state index is 13.1. The second-order valence-corrected chi connectivity index (χ2v) is 5.26. The van der Waals surface area contributed by atoms with Crippen LogP contribution in [0.15, 0.2) is 18.2 Å². The molecule has 0 spiro atoms.